The molecule has 0 saturated heterocycles. The summed E-state index contributed by atoms with van der Waals surface area (Å²) in [5.41, 5.74) is 3.99. The average Bonchev–Trinajstić information content (AvgIpc) is 2.55. The fourth-order valence-electron chi connectivity index (χ4n) is 1.64. The normalized spacial score (nSPS) is 10.1. The lowest BCUT2D eigenvalue weighted by Crippen LogP contribution is -1.95. The van der Waals surface area contributed by atoms with Crippen LogP contribution in [0, 0.1) is 13.8 Å². The van der Waals surface area contributed by atoms with Gasteiger partial charge in [-0.15, -0.1) is 0 Å². The van der Waals surface area contributed by atoms with Crippen LogP contribution < -0.4 is 0 Å². The van der Waals surface area contributed by atoms with Crippen molar-refractivity contribution in [1.29, 1.82) is 0 Å². The van der Waals surface area contributed by atoms with Gasteiger partial charge in [0.2, 0.25) is 0 Å². The summed E-state index contributed by atoms with van der Waals surface area (Å²) in [4.78, 5) is 16.7. The molecule has 0 bridgehead atoms. The maximum atomic E-state index is 8.80. The number of aliphatic hydroxyl groups is 1. The van der Waals surface area contributed by atoms with Crippen molar-refractivity contribution in [3.63, 3.8) is 0 Å². The quantitative estimate of drug-likeness (QED) is 0.678. The summed E-state index contributed by atoms with van der Waals surface area (Å²) in [6, 6.07) is 0. The van der Waals surface area contributed by atoms with E-state index < -0.39 is 0 Å². The van der Waals surface area contributed by atoms with Crippen LogP contribution in [0.25, 0.3) is 0 Å². The summed E-state index contributed by atoms with van der Waals surface area (Å²) in [5.74, 6) is 0. The summed E-state index contributed by atoms with van der Waals surface area (Å²) < 4.78 is 0. The van der Waals surface area contributed by atoms with Crippen LogP contribution in [0.15, 0.2) is 22.7 Å². The smallest absolute Gasteiger partial charge is 0.187 e. The van der Waals surface area contributed by atoms with Crippen LogP contribution in [0.4, 0.5) is 0 Å². The molecule has 0 amide bonds. The number of aliphatic hydroxyl groups excluding tert-OH is 1. The van der Waals surface area contributed by atoms with E-state index >= 15 is 0 Å². The standard InChI is InChI=1S/C8H12N2S.C7H10N2OS/c1-4-7-5-9-8(11-3)10-6(7)2;1-5-6(4-10)3-8-7(9-5)11-2/h5H,4H2,1-3H3;3,10H,4H2,1-2H3. The highest BCUT2D eigenvalue weighted by atomic mass is 32.2. The minimum absolute atomic E-state index is 0.0144. The van der Waals surface area contributed by atoms with Gasteiger partial charge in [0, 0.05) is 29.3 Å². The molecular weight excluding hydrogens is 316 g/mol. The molecule has 2 aromatic rings. The summed E-state index contributed by atoms with van der Waals surface area (Å²) in [6.45, 7) is 6.03. The van der Waals surface area contributed by atoms with Crippen molar-refractivity contribution in [2.24, 2.45) is 0 Å². The molecule has 0 atom stereocenters. The van der Waals surface area contributed by atoms with Crippen molar-refractivity contribution < 1.29 is 5.11 Å². The second kappa shape index (κ2) is 9.76. The number of aryl methyl sites for hydroxylation is 3. The monoisotopic (exact) mass is 338 g/mol. The predicted octanol–water partition coefficient (Wildman–Crippen LogP) is 3.07. The Hall–Kier alpha value is -1.18. The lowest BCUT2D eigenvalue weighted by Gasteiger charge is -2.01. The highest BCUT2D eigenvalue weighted by Crippen LogP contribution is 2.11. The Morgan fingerprint density at radius 2 is 1.36 bits per heavy atom. The molecule has 0 saturated carbocycles. The van der Waals surface area contributed by atoms with Gasteiger partial charge in [-0.25, -0.2) is 19.9 Å². The second-order valence-electron chi connectivity index (χ2n) is 4.45. The van der Waals surface area contributed by atoms with Crippen molar-refractivity contribution in [2.45, 2.75) is 44.1 Å². The molecule has 2 aromatic heterocycles. The largest absolute Gasteiger partial charge is 0.392 e. The van der Waals surface area contributed by atoms with E-state index in [0.29, 0.717) is 0 Å². The first-order valence-corrected chi connectivity index (χ1v) is 9.34. The first kappa shape index (κ1) is 18.9. The third-order valence-electron chi connectivity index (χ3n) is 3.03. The Labute approximate surface area is 140 Å². The zero-order valence-corrected chi connectivity index (χ0v) is 15.3. The van der Waals surface area contributed by atoms with E-state index in [2.05, 4.69) is 26.9 Å². The molecule has 0 radical (unpaired) electrons. The van der Waals surface area contributed by atoms with E-state index in [1.54, 1.807) is 18.0 Å². The van der Waals surface area contributed by atoms with Crippen LogP contribution in [0.1, 0.15) is 29.4 Å². The minimum atomic E-state index is 0.0144. The highest BCUT2D eigenvalue weighted by molar-refractivity contribution is 7.98. The van der Waals surface area contributed by atoms with Crippen LogP contribution in [-0.2, 0) is 13.0 Å². The Morgan fingerprint density at radius 1 is 0.909 bits per heavy atom. The van der Waals surface area contributed by atoms with Crippen LogP contribution in [0.3, 0.4) is 0 Å². The van der Waals surface area contributed by atoms with Gasteiger partial charge in [0.05, 0.1) is 6.61 Å². The third-order valence-corrected chi connectivity index (χ3v) is 4.16. The van der Waals surface area contributed by atoms with E-state index in [1.807, 2.05) is 32.6 Å². The maximum absolute atomic E-state index is 8.80. The van der Waals surface area contributed by atoms with E-state index in [1.165, 1.54) is 17.3 Å². The molecule has 120 valence electrons. The molecule has 0 aliphatic heterocycles. The van der Waals surface area contributed by atoms with Gasteiger partial charge in [0.25, 0.3) is 0 Å². The van der Waals surface area contributed by atoms with Gasteiger partial charge in [0.15, 0.2) is 10.3 Å². The summed E-state index contributed by atoms with van der Waals surface area (Å²) in [5, 5.41) is 10.4. The fraction of sp³-hybridized carbons (Fsp3) is 0.467. The van der Waals surface area contributed by atoms with Gasteiger partial charge >= 0.3 is 0 Å². The van der Waals surface area contributed by atoms with Crippen molar-refractivity contribution in [3.05, 3.63) is 34.9 Å². The Kier molecular flexibility index (Phi) is 8.37. The first-order valence-electron chi connectivity index (χ1n) is 6.89. The lowest BCUT2D eigenvalue weighted by molar-refractivity contribution is 0.279. The average molecular weight is 339 g/mol. The molecule has 5 nitrogen and oxygen atoms in total. The number of thioether (sulfide) groups is 2. The molecule has 2 rings (SSSR count). The Balaban J connectivity index is 0.000000220. The molecule has 1 N–H and O–H groups in total. The van der Waals surface area contributed by atoms with Crippen molar-refractivity contribution in [3.8, 4) is 0 Å². The van der Waals surface area contributed by atoms with Gasteiger partial charge in [-0.3, -0.25) is 0 Å². The Morgan fingerprint density at radius 3 is 1.68 bits per heavy atom. The molecule has 0 aliphatic carbocycles. The van der Waals surface area contributed by atoms with Gasteiger partial charge in [-0.1, -0.05) is 30.4 Å². The molecule has 22 heavy (non-hydrogen) atoms. The van der Waals surface area contributed by atoms with E-state index in [-0.39, 0.29) is 6.61 Å². The summed E-state index contributed by atoms with van der Waals surface area (Å²) in [7, 11) is 0. The third kappa shape index (κ3) is 5.55. The number of nitrogens with zero attached hydrogens (tertiary/aromatic N) is 4. The van der Waals surface area contributed by atoms with Crippen molar-refractivity contribution in [2.75, 3.05) is 12.5 Å². The predicted molar refractivity (Wildman–Crippen MR) is 92.4 cm³/mol. The molecule has 0 aliphatic rings. The van der Waals surface area contributed by atoms with Gasteiger partial charge < -0.3 is 5.11 Å². The van der Waals surface area contributed by atoms with Crippen LogP contribution in [0.2, 0.25) is 0 Å². The molecular formula is C15H22N4OS2. The van der Waals surface area contributed by atoms with Crippen molar-refractivity contribution >= 4 is 23.5 Å². The molecule has 0 unspecified atom stereocenters. The minimum Gasteiger partial charge on any atom is -0.392 e. The number of hydrogen-bond donors (Lipinski definition) is 1. The molecule has 7 heteroatoms. The molecule has 0 aromatic carbocycles. The highest BCUT2D eigenvalue weighted by Gasteiger charge is 2.00. The van der Waals surface area contributed by atoms with Gasteiger partial charge in [0.1, 0.15) is 0 Å². The van der Waals surface area contributed by atoms with Gasteiger partial charge in [-0.2, -0.15) is 0 Å². The molecule has 0 spiro atoms. The zero-order valence-electron chi connectivity index (χ0n) is 13.6. The zero-order chi connectivity index (χ0) is 16.5. The van der Waals surface area contributed by atoms with Crippen LogP contribution in [-0.4, -0.2) is 37.6 Å². The van der Waals surface area contributed by atoms with E-state index in [9.17, 15) is 0 Å². The summed E-state index contributed by atoms with van der Waals surface area (Å²) >= 11 is 3.08. The van der Waals surface area contributed by atoms with Gasteiger partial charge in [-0.05, 0) is 38.3 Å². The SMILES string of the molecule is CCc1cnc(SC)nc1C.CSc1ncc(CO)c(C)n1. The van der Waals surface area contributed by atoms with Crippen LogP contribution in [0.5, 0.6) is 0 Å². The van der Waals surface area contributed by atoms with E-state index in [0.717, 1.165) is 33.7 Å². The molecule has 0 fully saturated rings. The molecule has 2 heterocycles. The topological polar surface area (TPSA) is 71.8 Å². The van der Waals surface area contributed by atoms with Crippen molar-refractivity contribution in [1.82, 2.24) is 19.9 Å². The Bertz CT molecular complexity index is 555. The first-order chi connectivity index (χ1) is 10.5. The number of aromatic nitrogens is 4. The summed E-state index contributed by atoms with van der Waals surface area (Å²) in [6.07, 6.45) is 8.50. The lowest BCUT2D eigenvalue weighted by atomic mass is 10.2. The fourth-order valence-corrected chi connectivity index (χ4v) is 2.41. The van der Waals surface area contributed by atoms with Crippen LogP contribution >= 0.6 is 23.5 Å². The number of hydrogen-bond acceptors (Lipinski definition) is 7. The van der Waals surface area contributed by atoms with E-state index in [4.69, 9.17) is 5.11 Å². The second-order valence-corrected chi connectivity index (χ2v) is 5.99. The maximum Gasteiger partial charge on any atom is 0.187 e. The number of rotatable bonds is 4.